The summed E-state index contributed by atoms with van der Waals surface area (Å²) in [5.74, 6) is -0.462. The van der Waals surface area contributed by atoms with Gasteiger partial charge in [0.2, 0.25) is 0 Å². The van der Waals surface area contributed by atoms with E-state index in [1.807, 2.05) is 13.8 Å². The van der Waals surface area contributed by atoms with Gasteiger partial charge in [-0.15, -0.1) is 0 Å². The lowest BCUT2D eigenvalue weighted by atomic mass is 9.88. The van der Waals surface area contributed by atoms with Gasteiger partial charge < -0.3 is 19.9 Å². The number of esters is 1. The zero-order chi connectivity index (χ0) is 12.9. The molecule has 1 saturated heterocycles. The van der Waals surface area contributed by atoms with Gasteiger partial charge in [-0.05, 0) is 19.8 Å². The number of methoxy groups -OCH3 is 1. The number of aliphatic hydroxyl groups is 1. The van der Waals surface area contributed by atoms with E-state index in [2.05, 4.69) is 5.32 Å². The molecule has 0 aromatic rings. The molecule has 0 bridgehead atoms. The number of hydrogen-bond acceptors (Lipinski definition) is 5. The molecule has 1 rings (SSSR count). The van der Waals surface area contributed by atoms with Gasteiger partial charge in [0.15, 0.2) is 0 Å². The van der Waals surface area contributed by atoms with Crippen molar-refractivity contribution in [2.24, 2.45) is 5.92 Å². The Bertz CT molecular complexity index is 251. The summed E-state index contributed by atoms with van der Waals surface area (Å²) in [6.45, 7) is 5.12. The second-order valence-electron chi connectivity index (χ2n) is 4.80. The lowest BCUT2D eigenvalue weighted by molar-refractivity contribution is -0.146. The number of nitrogens with one attached hydrogen (secondary N) is 1. The quantitative estimate of drug-likeness (QED) is 0.683. The molecule has 17 heavy (non-hydrogen) atoms. The standard InChI is InChI=1S/C12H23NO4/c1-9(11(15)16-3)10(2)13-12(8-14)4-6-17-7-5-12/h9-10,13-14H,4-8H2,1-3H3. The van der Waals surface area contributed by atoms with E-state index in [-0.39, 0.29) is 30.1 Å². The van der Waals surface area contributed by atoms with E-state index in [4.69, 9.17) is 9.47 Å². The maximum Gasteiger partial charge on any atom is 0.309 e. The van der Waals surface area contributed by atoms with Crippen molar-refractivity contribution < 1.29 is 19.4 Å². The molecule has 5 heteroatoms. The second kappa shape index (κ2) is 6.33. The molecular weight excluding hydrogens is 222 g/mol. The number of rotatable bonds is 5. The first-order chi connectivity index (χ1) is 8.04. The van der Waals surface area contributed by atoms with Gasteiger partial charge in [0, 0.05) is 24.8 Å². The molecule has 1 fully saturated rings. The third-order valence-electron chi connectivity index (χ3n) is 3.61. The first-order valence-corrected chi connectivity index (χ1v) is 6.09. The van der Waals surface area contributed by atoms with Gasteiger partial charge in [-0.2, -0.15) is 0 Å². The molecule has 0 aliphatic carbocycles. The number of aliphatic hydroxyl groups excluding tert-OH is 1. The molecule has 0 amide bonds. The fourth-order valence-electron chi connectivity index (χ4n) is 2.11. The molecule has 100 valence electrons. The summed E-state index contributed by atoms with van der Waals surface area (Å²) in [7, 11) is 1.39. The van der Waals surface area contributed by atoms with Crippen LogP contribution in [0.5, 0.6) is 0 Å². The van der Waals surface area contributed by atoms with Gasteiger partial charge in [0.25, 0.3) is 0 Å². The van der Waals surface area contributed by atoms with Crippen LogP contribution >= 0.6 is 0 Å². The van der Waals surface area contributed by atoms with Crippen molar-refractivity contribution in [1.82, 2.24) is 5.32 Å². The van der Waals surface area contributed by atoms with E-state index in [1.165, 1.54) is 7.11 Å². The largest absolute Gasteiger partial charge is 0.469 e. The SMILES string of the molecule is COC(=O)C(C)C(C)NC1(CO)CCOCC1. The van der Waals surface area contributed by atoms with E-state index in [0.717, 1.165) is 12.8 Å². The van der Waals surface area contributed by atoms with Gasteiger partial charge in [-0.25, -0.2) is 0 Å². The van der Waals surface area contributed by atoms with Crippen molar-refractivity contribution in [2.45, 2.75) is 38.3 Å². The summed E-state index contributed by atoms with van der Waals surface area (Å²) >= 11 is 0. The average Bonchev–Trinajstić information content (AvgIpc) is 2.37. The van der Waals surface area contributed by atoms with Crippen LogP contribution in [0.2, 0.25) is 0 Å². The predicted octanol–water partition coefficient (Wildman–Crippen LogP) is 0.315. The fraction of sp³-hybridized carbons (Fsp3) is 0.917. The molecule has 1 aliphatic heterocycles. The molecule has 1 heterocycles. The minimum atomic E-state index is -0.319. The van der Waals surface area contributed by atoms with E-state index in [9.17, 15) is 9.90 Å². The van der Waals surface area contributed by atoms with Crippen LogP contribution in [0.4, 0.5) is 0 Å². The van der Waals surface area contributed by atoms with Crippen LogP contribution < -0.4 is 5.32 Å². The normalized spacial score (nSPS) is 22.8. The van der Waals surface area contributed by atoms with E-state index >= 15 is 0 Å². The third-order valence-corrected chi connectivity index (χ3v) is 3.61. The minimum Gasteiger partial charge on any atom is -0.469 e. The van der Waals surface area contributed by atoms with Gasteiger partial charge in [-0.3, -0.25) is 4.79 Å². The van der Waals surface area contributed by atoms with Crippen molar-refractivity contribution in [3.63, 3.8) is 0 Å². The number of carbonyl (C=O) groups is 1. The average molecular weight is 245 g/mol. The van der Waals surface area contributed by atoms with Crippen LogP contribution in [-0.2, 0) is 14.3 Å². The highest BCUT2D eigenvalue weighted by Gasteiger charge is 2.35. The Kier molecular flexibility index (Phi) is 5.36. The highest BCUT2D eigenvalue weighted by atomic mass is 16.5. The van der Waals surface area contributed by atoms with Gasteiger partial charge >= 0.3 is 5.97 Å². The van der Waals surface area contributed by atoms with E-state index in [1.54, 1.807) is 0 Å². The van der Waals surface area contributed by atoms with Gasteiger partial charge in [-0.1, -0.05) is 6.92 Å². The molecule has 0 saturated carbocycles. The smallest absolute Gasteiger partial charge is 0.309 e. The Labute approximate surface area is 102 Å². The highest BCUT2D eigenvalue weighted by Crippen LogP contribution is 2.22. The van der Waals surface area contributed by atoms with Crippen molar-refractivity contribution in [3.05, 3.63) is 0 Å². The van der Waals surface area contributed by atoms with Crippen molar-refractivity contribution in [2.75, 3.05) is 26.9 Å². The van der Waals surface area contributed by atoms with Crippen molar-refractivity contribution in [3.8, 4) is 0 Å². The monoisotopic (exact) mass is 245 g/mol. The first-order valence-electron chi connectivity index (χ1n) is 6.09. The lowest BCUT2D eigenvalue weighted by Crippen LogP contribution is -2.57. The van der Waals surface area contributed by atoms with Crippen LogP contribution in [0.15, 0.2) is 0 Å². The molecule has 2 atom stereocenters. The summed E-state index contributed by atoms with van der Waals surface area (Å²) < 4.78 is 10.0. The summed E-state index contributed by atoms with van der Waals surface area (Å²) in [6, 6.07) is -0.0345. The molecule has 5 nitrogen and oxygen atoms in total. The Balaban J connectivity index is 2.58. The maximum absolute atomic E-state index is 11.4. The van der Waals surface area contributed by atoms with E-state index in [0.29, 0.717) is 13.2 Å². The van der Waals surface area contributed by atoms with Crippen LogP contribution in [0.1, 0.15) is 26.7 Å². The molecule has 0 spiro atoms. The zero-order valence-electron chi connectivity index (χ0n) is 10.9. The van der Waals surface area contributed by atoms with E-state index < -0.39 is 0 Å². The molecular formula is C12H23NO4. The molecule has 2 unspecified atom stereocenters. The lowest BCUT2D eigenvalue weighted by Gasteiger charge is -2.39. The Morgan fingerprint density at radius 3 is 2.53 bits per heavy atom. The van der Waals surface area contributed by atoms with Crippen LogP contribution in [0.3, 0.4) is 0 Å². The maximum atomic E-state index is 11.4. The van der Waals surface area contributed by atoms with Crippen molar-refractivity contribution in [1.29, 1.82) is 0 Å². The highest BCUT2D eigenvalue weighted by molar-refractivity contribution is 5.72. The van der Waals surface area contributed by atoms with Crippen LogP contribution in [0, 0.1) is 5.92 Å². The molecule has 1 aliphatic rings. The number of hydrogen-bond donors (Lipinski definition) is 2. The van der Waals surface area contributed by atoms with Gasteiger partial charge in [0.05, 0.1) is 19.6 Å². The summed E-state index contributed by atoms with van der Waals surface area (Å²) in [5.41, 5.74) is -0.319. The zero-order valence-corrected chi connectivity index (χ0v) is 10.9. The summed E-state index contributed by atoms with van der Waals surface area (Å²) in [6.07, 6.45) is 1.53. The Morgan fingerprint density at radius 2 is 2.06 bits per heavy atom. The topological polar surface area (TPSA) is 67.8 Å². The molecule has 0 radical (unpaired) electrons. The fourth-order valence-corrected chi connectivity index (χ4v) is 2.11. The first kappa shape index (κ1) is 14.4. The predicted molar refractivity (Wildman–Crippen MR) is 63.6 cm³/mol. The number of carbonyl (C=O) groups excluding carboxylic acids is 1. The molecule has 0 aromatic carbocycles. The summed E-state index contributed by atoms with van der Waals surface area (Å²) in [5, 5.41) is 12.9. The molecule has 0 aromatic heterocycles. The third kappa shape index (κ3) is 3.66. The Hall–Kier alpha value is -0.650. The Morgan fingerprint density at radius 1 is 1.47 bits per heavy atom. The second-order valence-corrected chi connectivity index (χ2v) is 4.80. The van der Waals surface area contributed by atoms with Crippen molar-refractivity contribution >= 4 is 5.97 Å². The van der Waals surface area contributed by atoms with Crippen LogP contribution in [0.25, 0.3) is 0 Å². The minimum absolute atomic E-state index is 0.0345. The summed E-state index contributed by atoms with van der Waals surface area (Å²) in [4.78, 5) is 11.4. The van der Waals surface area contributed by atoms with Gasteiger partial charge in [0.1, 0.15) is 0 Å². The molecule has 2 N–H and O–H groups in total. The number of ether oxygens (including phenoxy) is 2. The van der Waals surface area contributed by atoms with Crippen LogP contribution in [-0.4, -0.2) is 49.6 Å².